The Kier molecular flexibility index (Phi) is 5.47. The normalized spacial score (nSPS) is 18.2. The summed E-state index contributed by atoms with van der Waals surface area (Å²) < 4.78 is 0. The van der Waals surface area contributed by atoms with Crippen molar-refractivity contribution in [3.8, 4) is 0 Å². The predicted octanol–water partition coefficient (Wildman–Crippen LogP) is 4.14. The third-order valence-corrected chi connectivity index (χ3v) is 4.48. The lowest BCUT2D eigenvalue weighted by atomic mass is 9.90. The standard InChI is InChI=1S/C20H27NO3/c1-6-11-21-17(15-9-7-14(8-10-15)12(2)3)16(18(22)13(4)5)19(23)20(21)24/h7-10,12-13,17,23H,6,11H2,1-5H3. The average Bonchev–Trinajstić information content (AvgIpc) is 2.79. The number of ketones is 1. The van der Waals surface area contributed by atoms with E-state index in [0.717, 1.165) is 12.0 Å². The van der Waals surface area contributed by atoms with Crippen LogP contribution in [0.2, 0.25) is 0 Å². The fourth-order valence-corrected chi connectivity index (χ4v) is 3.10. The van der Waals surface area contributed by atoms with Crippen molar-refractivity contribution in [3.05, 3.63) is 46.7 Å². The Labute approximate surface area is 144 Å². The number of hydrogen-bond acceptors (Lipinski definition) is 3. The molecule has 1 aliphatic rings. The Morgan fingerprint density at radius 3 is 2.21 bits per heavy atom. The molecule has 1 heterocycles. The zero-order valence-electron chi connectivity index (χ0n) is 15.2. The number of benzene rings is 1. The van der Waals surface area contributed by atoms with Crippen molar-refractivity contribution in [2.75, 3.05) is 6.54 Å². The zero-order chi connectivity index (χ0) is 18.0. The summed E-state index contributed by atoms with van der Waals surface area (Å²) in [5.74, 6) is -0.859. The van der Waals surface area contributed by atoms with Crippen molar-refractivity contribution in [2.24, 2.45) is 5.92 Å². The largest absolute Gasteiger partial charge is 0.503 e. The van der Waals surface area contributed by atoms with Crippen molar-refractivity contribution in [2.45, 2.75) is 53.0 Å². The number of carbonyl (C=O) groups is 2. The molecule has 0 saturated carbocycles. The van der Waals surface area contributed by atoms with Crippen LogP contribution in [0.4, 0.5) is 0 Å². The molecule has 4 heteroatoms. The van der Waals surface area contributed by atoms with E-state index < -0.39 is 11.9 Å². The van der Waals surface area contributed by atoms with Crippen molar-refractivity contribution in [3.63, 3.8) is 0 Å². The van der Waals surface area contributed by atoms with Gasteiger partial charge in [-0.15, -0.1) is 0 Å². The highest BCUT2D eigenvalue weighted by Gasteiger charge is 2.43. The highest BCUT2D eigenvalue weighted by atomic mass is 16.3. The Bertz CT molecular complexity index is 656. The van der Waals surface area contributed by atoms with E-state index in [2.05, 4.69) is 13.8 Å². The maximum atomic E-state index is 12.6. The quantitative estimate of drug-likeness (QED) is 0.853. The van der Waals surface area contributed by atoms with Gasteiger partial charge in [0.05, 0.1) is 11.6 Å². The maximum Gasteiger partial charge on any atom is 0.290 e. The number of carbonyl (C=O) groups excluding carboxylic acids is 2. The van der Waals surface area contributed by atoms with Crippen LogP contribution in [-0.4, -0.2) is 28.2 Å². The van der Waals surface area contributed by atoms with E-state index >= 15 is 0 Å². The van der Waals surface area contributed by atoms with E-state index in [1.54, 1.807) is 18.7 Å². The molecule has 130 valence electrons. The van der Waals surface area contributed by atoms with Crippen LogP contribution in [0.25, 0.3) is 0 Å². The fourth-order valence-electron chi connectivity index (χ4n) is 3.10. The van der Waals surface area contributed by atoms with Crippen LogP contribution in [0.3, 0.4) is 0 Å². The van der Waals surface area contributed by atoms with Crippen molar-refractivity contribution < 1.29 is 14.7 Å². The summed E-state index contributed by atoms with van der Waals surface area (Å²) in [5, 5.41) is 10.3. The molecular formula is C20H27NO3. The second-order valence-electron chi connectivity index (χ2n) is 7.00. The molecule has 1 N–H and O–H groups in total. The van der Waals surface area contributed by atoms with Gasteiger partial charge >= 0.3 is 0 Å². The number of Topliss-reactive ketones (excluding diaryl/α,β-unsaturated/α-hetero) is 1. The number of amides is 1. The number of nitrogens with zero attached hydrogens (tertiary/aromatic N) is 1. The van der Waals surface area contributed by atoms with E-state index in [4.69, 9.17) is 0 Å². The molecule has 1 aliphatic heterocycles. The molecule has 24 heavy (non-hydrogen) atoms. The molecule has 0 aliphatic carbocycles. The molecule has 0 radical (unpaired) electrons. The summed E-state index contributed by atoms with van der Waals surface area (Å²) in [6, 6.07) is 7.49. The smallest absolute Gasteiger partial charge is 0.290 e. The zero-order valence-corrected chi connectivity index (χ0v) is 15.2. The summed E-state index contributed by atoms with van der Waals surface area (Å²) in [5.41, 5.74) is 2.31. The van der Waals surface area contributed by atoms with Gasteiger partial charge < -0.3 is 10.0 Å². The molecular weight excluding hydrogens is 302 g/mol. The van der Waals surface area contributed by atoms with Crippen LogP contribution < -0.4 is 0 Å². The third-order valence-electron chi connectivity index (χ3n) is 4.48. The Morgan fingerprint density at radius 2 is 1.75 bits per heavy atom. The summed E-state index contributed by atoms with van der Waals surface area (Å²) >= 11 is 0. The van der Waals surface area contributed by atoms with Crippen LogP contribution >= 0.6 is 0 Å². The van der Waals surface area contributed by atoms with Crippen LogP contribution in [0.1, 0.15) is 64.1 Å². The van der Waals surface area contributed by atoms with Crippen LogP contribution in [-0.2, 0) is 9.59 Å². The first-order chi connectivity index (χ1) is 11.3. The molecule has 1 atom stereocenters. The highest BCUT2D eigenvalue weighted by Crippen LogP contribution is 2.39. The Morgan fingerprint density at radius 1 is 1.17 bits per heavy atom. The molecule has 1 aromatic rings. The predicted molar refractivity (Wildman–Crippen MR) is 94.8 cm³/mol. The molecule has 0 spiro atoms. The monoisotopic (exact) mass is 329 g/mol. The second kappa shape index (κ2) is 7.20. The Hall–Kier alpha value is -2.10. The highest BCUT2D eigenvalue weighted by molar-refractivity contribution is 6.09. The molecule has 1 amide bonds. The van der Waals surface area contributed by atoms with Gasteiger partial charge in [-0.1, -0.05) is 58.9 Å². The lowest BCUT2D eigenvalue weighted by Gasteiger charge is -2.27. The second-order valence-corrected chi connectivity index (χ2v) is 7.00. The van der Waals surface area contributed by atoms with Crippen molar-refractivity contribution in [1.82, 2.24) is 4.90 Å². The Balaban J connectivity index is 2.51. The number of hydrogen-bond donors (Lipinski definition) is 1. The lowest BCUT2D eigenvalue weighted by molar-refractivity contribution is -0.129. The first-order valence-corrected chi connectivity index (χ1v) is 8.67. The molecule has 0 saturated heterocycles. The van der Waals surface area contributed by atoms with Gasteiger partial charge in [0.2, 0.25) is 0 Å². The lowest BCUT2D eigenvalue weighted by Crippen LogP contribution is -2.32. The number of rotatable bonds is 6. The van der Waals surface area contributed by atoms with Crippen LogP contribution in [0.5, 0.6) is 0 Å². The summed E-state index contributed by atoms with van der Waals surface area (Å²) in [4.78, 5) is 26.7. The molecule has 0 bridgehead atoms. The van der Waals surface area contributed by atoms with Gasteiger partial charge in [0, 0.05) is 12.5 Å². The van der Waals surface area contributed by atoms with Gasteiger partial charge in [0.25, 0.3) is 5.91 Å². The molecule has 0 aromatic heterocycles. The van der Waals surface area contributed by atoms with Gasteiger partial charge in [-0.25, -0.2) is 0 Å². The molecule has 0 fully saturated rings. The van der Waals surface area contributed by atoms with Gasteiger partial charge in [0.15, 0.2) is 11.5 Å². The SMILES string of the molecule is CCCN1C(=O)C(O)=C(C(=O)C(C)C)C1c1ccc(C(C)C)cc1. The van der Waals surface area contributed by atoms with Gasteiger partial charge in [-0.3, -0.25) is 9.59 Å². The molecule has 1 aromatic carbocycles. The minimum Gasteiger partial charge on any atom is -0.503 e. The average molecular weight is 329 g/mol. The summed E-state index contributed by atoms with van der Waals surface area (Å²) in [6.07, 6.45) is 0.767. The van der Waals surface area contributed by atoms with E-state index in [9.17, 15) is 14.7 Å². The van der Waals surface area contributed by atoms with Gasteiger partial charge in [0.1, 0.15) is 0 Å². The minimum atomic E-state index is -0.492. The molecule has 4 nitrogen and oxygen atoms in total. The van der Waals surface area contributed by atoms with E-state index in [1.807, 2.05) is 31.2 Å². The first kappa shape index (κ1) is 18.2. The van der Waals surface area contributed by atoms with Gasteiger partial charge in [-0.05, 0) is 23.5 Å². The van der Waals surface area contributed by atoms with E-state index in [0.29, 0.717) is 12.5 Å². The van der Waals surface area contributed by atoms with Crippen molar-refractivity contribution in [1.29, 1.82) is 0 Å². The maximum absolute atomic E-state index is 12.6. The topological polar surface area (TPSA) is 57.6 Å². The number of aliphatic hydroxyl groups is 1. The van der Waals surface area contributed by atoms with E-state index in [1.165, 1.54) is 5.56 Å². The van der Waals surface area contributed by atoms with Gasteiger partial charge in [-0.2, -0.15) is 0 Å². The number of aliphatic hydroxyl groups excluding tert-OH is 1. The summed E-state index contributed by atoms with van der Waals surface area (Å²) in [6.45, 7) is 10.3. The molecule has 1 unspecified atom stereocenters. The first-order valence-electron chi connectivity index (χ1n) is 8.67. The summed E-state index contributed by atoms with van der Waals surface area (Å²) in [7, 11) is 0. The van der Waals surface area contributed by atoms with Crippen LogP contribution in [0, 0.1) is 5.92 Å². The molecule has 2 rings (SSSR count). The van der Waals surface area contributed by atoms with Crippen LogP contribution in [0.15, 0.2) is 35.6 Å². The van der Waals surface area contributed by atoms with E-state index in [-0.39, 0.29) is 23.0 Å². The minimum absolute atomic E-state index is 0.169. The van der Waals surface area contributed by atoms with Crippen molar-refractivity contribution >= 4 is 11.7 Å². The third kappa shape index (κ3) is 3.23. The fraction of sp³-hybridized carbons (Fsp3) is 0.500.